The Morgan fingerprint density at radius 1 is 1.32 bits per heavy atom. The van der Waals surface area contributed by atoms with Crippen molar-refractivity contribution in [3.05, 3.63) is 53.9 Å². The first-order chi connectivity index (χ1) is 12.1. The molecule has 5 nitrogen and oxygen atoms in total. The van der Waals surface area contributed by atoms with E-state index in [1.54, 1.807) is 6.20 Å². The molecule has 1 aliphatic carbocycles. The zero-order valence-electron chi connectivity index (χ0n) is 14.6. The van der Waals surface area contributed by atoms with Gasteiger partial charge in [-0.05, 0) is 42.7 Å². The predicted molar refractivity (Wildman–Crippen MR) is 95.1 cm³/mol. The highest BCUT2D eigenvalue weighted by atomic mass is 16.4. The zero-order chi connectivity index (χ0) is 17.4. The molecule has 1 aromatic heterocycles. The van der Waals surface area contributed by atoms with E-state index in [4.69, 9.17) is 0 Å². The summed E-state index contributed by atoms with van der Waals surface area (Å²) in [6.45, 7) is 2.29. The monoisotopic (exact) mass is 339 g/mol. The second kappa shape index (κ2) is 6.30. The Kier molecular flexibility index (Phi) is 4.12. The summed E-state index contributed by atoms with van der Waals surface area (Å²) in [6.07, 6.45) is 4.51. The van der Waals surface area contributed by atoms with Gasteiger partial charge in [-0.25, -0.2) is 0 Å². The molecule has 3 atom stereocenters. The Bertz CT molecular complexity index is 757. The molecule has 0 radical (unpaired) electrons. The number of likely N-dealkylation sites (tertiary alicyclic amines) is 1. The van der Waals surface area contributed by atoms with Gasteiger partial charge in [-0.3, -0.25) is 14.4 Å². The first-order valence-corrected chi connectivity index (χ1v) is 9.06. The maximum absolute atomic E-state index is 12.2. The van der Waals surface area contributed by atoms with Crippen molar-refractivity contribution in [3.8, 4) is 0 Å². The number of benzene rings is 1. The molecule has 1 saturated carbocycles. The standard InChI is InChI=1S/C20H25N3O2/c1-22-18(8-10-21-22)13-23-12-17-11-16(15-5-3-2-4-6-15)7-9-20(17,14-23)19(24)25/h2-6,8,10,16-17H,7,9,11-14H2,1H3,(H,24,25)/t16-,17-,20-/m0/s1. The third-order valence-electron chi connectivity index (χ3n) is 6.28. The molecule has 4 rings (SSSR count). The fourth-order valence-electron chi connectivity index (χ4n) is 4.84. The van der Waals surface area contributed by atoms with Gasteiger partial charge in [0.1, 0.15) is 0 Å². The SMILES string of the molecule is Cn1nccc1CN1C[C@@H]2C[C@@H](c3ccccc3)CC[C@]2(C(=O)O)C1. The molecule has 5 heteroatoms. The van der Waals surface area contributed by atoms with E-state index in [1.165, 1.54) is 5.56 Å². The van der Waals surface area contributed by atoms with Crippen molar-refractivity contribution in [2.45, 2.75) is 31.7 Å². The minimum atomic E-state index is -0.614. The fourth-order valence-corrected chi connectivity index (χ4v) is 4.84. The van der Waals surface area contributed by atoms with Crippen LogP contribution in [-0.4, -0.2) is 38.8 Å². The molecular weight excluding hydrogens is 314 g/mol. The maximum Gasteiger partial charge on any atom is 0.311 e. The highest BCUT2D eigenvalue weighted by Gasteiger charge is 2.54. The average molecular weight is 339 g/mol. The van der Waals surface area contributed by atoms with E-state index in [-0.39, 0.29) is 5.92 Å². The van der Waals surface area contributed by atoms with Gasteiger partial charge < -0.3 is 5.11 Å². The van der Waals surface area contributed by atoms with Crippen LogP contribution in [0.15, 0.2) is 42.6 Å². The lowest BCUT2D eigenvalue weighted by Gasteiger charge is -2.38. The summed E-state index contributed by atoms with van der Waals surface area (Å²) in [4.78, 5) is 14.5. The van der Waals surface area contributed by atoms with Crippen molar-refractivity contribution >= 4 is 5.97 Å². The third kappa shape index (κ3) is 2.86. The number of carbonyl (C=O) groups is 1. The number of nitrogens with zero attached hydrogens (tertiary/aromatic N) is 3. The van der Waals surface area contributed by atoms with Gasteiger partial charge in [0, 0.05) is 32.9 Å². The minimum absolute atomic E-state index is 0.220. The molecule has 132 valence electrons. The van der Waals surface area contributed by atoms with Crippen molar-refractivity contribution in [3.63, 3.8) is 0 Å². The maximum atomic E-state index is 12.2. The number of carboxylic acid groups (broad SMARTS) is 1. The first-order valence-electron chi connectivity index (χ1n) is 9.06. The second-order valence-corrected chi connectivity index (χ2v) is 7.66. The smallest absolute Gasteiger partial charge is 0.311 e. The summed E-state index contributed by atoms with van der Waals surface area (Å²) in [5.74, 6) is 0.0871. The Morgan fingerprint density at radius 2 is 2.12 bits per heavy atom. The van der Waals surface area contributed by atoms with Crippen LogP contribution >= 0.6 is 0 Å². The molecule has 0 bridgehead atoms. The molecule has 1 saturated heterocycles. The van der Waals surface area contributed by atoms with E-state index in [0.29, 0.717) is 12.5 Å². The number of aliphatic carboxylic acids is 1. The molecule has 0 unspecified atom stereocenters. The Balaban J connectivity index is 1.54. The number of carboxylic acids is 1. The molecule has 1 N–H and O–H groups in total. The van der Waals surface area contributed by atoms with Crippen molar-refractivity contribution in [2.75, 3.05) is 13.1 Å². The molecule has 0 spiro atoms. The summed E-state index contributed by atoms with van der Waals surface area (Å²) < 4.78 is 1.88. The molecule has 0 amide bonds. The van der Waals surface area contributed by atoms with Gasteiger partial charge in [0.05, 0.1) is 11.1 Å². The van der Waals surface area contributed by atoms with Gasteiger partial charge in [0.15, 0.2) is 0 Å². The normalized spacial score (nSPS) is 29.5. The number of aromatic nitrogens is 2. The predicted octanol–water partition coefficient (Wildman–Crippen LogP) is 2.89. The van der Waals surface area contributed by atoms with Gasteiger partial charge in [-0.15, -0.1) is 0 Å². The summed E-state index contributed by atoms with van der Waals surface area (Å²) in [5, 5.41) is 14.2. The Morgan fingerprint density at radius 3 is 2.80 bits per heavy atom. The van der Waals surface area contributed by atoms with Gasteiger partial charge >= 0.3 is 5.97 Å². The average Bonchev–Trinajstić information content (AvgIpc) is 3.19. The largest absolute Gasteiger partial charge is 0.481 e. The van der Waals surface area contributed by atoms with Crippen LogP contribution in [0.2, 0.25) is 0 Å². The van der Waals surface area contributed by atoms with E-state index < -0.39 is 11.4 Å². The van der Waals surface area contributed by atoms with Crippen LogP contribution < -0.4 is 0 Å². The number of hydrogen-bond acceptors (Lipinski definition) is 3. The minimum Gasteiger partial charge on any atom is -0.481 e. The van der Waals surface area contributed by atoms with Crippen molar-refractivity contribution < 1.29 is 9.90 Å². The van der Waals surface area contributed by atoms with E-state index in [9.17, 15) is 9.90 Å². The highest BCUT2D eigenvalue weighted by Crippen LogP contribution is 2.51. The zero-order valence-corrected chi connectivity index (χ0v) is 14.6. The van der Waals surface area contributed by atoms with E-state index in [2.05, 4.69) is 34.3 Å². The molecule has 25 heavy (non-hydrogen) atoms. The Hall–Kier alpha value is -2.14. The van der Waals surface area contributed by atoms with E-state index in [0.717, 1.165) is 38.0 Å². The highest BCUT2D eigenvalue weighted by molar-refractivity contribution is 5.76. The first kappa shape index (κ1) is 16.3. The number of hydrogen-bond donors (Lipinski definition) is 1. The lowest BCUT2D eigenvalue weighted by atomic mass is 9.64. The number of rotatable bonds is 4. The van der Waals surface area contributed by atoms with Crippen molar-refractivity contribution in [1.82, 2.24) is 14.7 Å². The van der Waals surface area contributed by atoms with Crippen molar-refractivity contribution in [1.29, 1.82) is 0 Å². The third-order valence-corrected chi connectivity index (χ3v) is 6.28. The van der Waals surface area contributed by atoms with Crippen LogP contribution in [0.3, 0.4) is 0 Å². The van der Waals surface area contributed by atoms with Crippen LogP contribution in [0.25, 0.3) is 0 Å². The van der Waals surface area contributed by atoms with E-state index in [1.807, 2.05) is 23.9 Å². The molecule has 2 fully saturated rings. The molecular formula is C20H25N3O2. The molecule has 2 heterocycles. The molecule has 1 aromatic carbocycles. The van der Waals surface area contributed by atoms with Crippen LogP contribution in [0.5, 0.6) is 0 Å². The van der Waals surface area contributed by atoms with Crippen LogP contribution in [-0.2, 0) is 18.4 Å². The second-order valence-electron chi connectivity index (χ2n) is 7.66. The lowest BCUT2D eigenvalue weighted by molar-refractivity contribution is -0.152. The molecule has 1 aliphatic heterocycles. The van der Waals surface area contributed by atoms with E-state index >= 15 is 0 Å². The van der Waals surface area contributed by atoms with Crippen molar-refractivity contribution in [2.24, 2.45) is 18.4 Å². The van der Waals surface area contributed by atoms with Crippen LogP contribution in [0, 0.1) is 11.3 Å². The van der Waals surface area contributed by atoms with Gasteiger partial charge in [0.2, 0.25) is 0 Å². The number of fused-ring (bicyclic) bond motifs is 1. The summed E-state index contributed by atoms with van der Waals surface area (Å²) in [6, 6.07) is 12.6. The van der Waals surface area contributed by atoms with Gasteiger partial charge in [-0.2, -0.15) is 5.10 Å². The Labute approximate surface area is 148 Å². The molecule has 2 aliphatic rings. The molecule has 2 aromatic rings. The van der Waals surface area contributed by atoms with Crippen LogP contribution in [0.4, 0.5) is 0 Å². The summed E-state index contributed by atoms with van der Waals surface area (Å²) >= 11 is 0. The summed E-state index contributed by atoms with van der Waals surface area (Å²) in [5.41, 5.74) is 1.91. The topological polar surface area (TPSA) is 58.4 Å². The van der Waals surface area contributed by atoms with Crippen LogP contribution in [0.1, 0.15) is 36.4 Å². The van der Waals surface area contributed by atoms with Gasteiger partial charge in [0.25, 0.3) is 0 Å². The lowest BCUT2D eigenvalue weighted by Crippen LogP contribution is -2.42. The number of aryl methyl sites for hydroxylation is 1. The quantitative estimate of drug-likeness (QED) is 0.930. The fraction of sp³-hybridized carbons (Fsp3) is 0.500. The summed E-state index contributed by atoms with van der Waals surface area (Å²) in [7, 11) is 1.94. The van der Waals surface area contributed by atoms with Gasteiger partial charge in [-0.1, -0.05) is 30.3 Å².